The second-order valence-corrected chi connectivity index (χ2v) is 6.17. The van der Waals surface area contributed by atoms with E-state index in [2.05, 4.69) is 19.6 Å². The van der Waals surface area contributed by atoms with Gasteiger partial charge in [-0.3, -0.25) is 4.79 Å². The highest BCUT2D eigenvalue weighted by molar-refractivity contribution is 7.80. The van der Waals surface area contributed by atoms with E-state index in [0.717, 1.165) is 12.8 Å². The molecule has 1 unspecified atom stereocenters. The van der Waals surface area contributed by atoms with Crippen LogP contribution in [0.1, 0.15) is 84.0 Å². The number of rotatable bonds is 15. The number of esters is 1. The predicted octanol–water partition coefficient (Wildman–Crippen LogP) is 4.52. The van der Waals surface area contributed by atoms with Gasteiger partial charge < -0.3 is 9.84 Å². The monoisotopic (exact) mass is 318 g/mol. The predicted molar refractivity (Wildman–Crippen MR) is 91.9 cm³/mol. The molecule has 0 amide bonds. The zero-order chi connectivity index (χ0) is 15.8. The lowest BCUT2D eigenvalue weighted by Gasteiger charge is -2.08. The molecular formula is C17H34O3S. The van der Waals surface area contributed by atoms with Crippen LogP contribution in [0.3, 0.4) is 0 Å². The molecule has 0 aromatic carbocycles. The lowest BCUT2D eigenvalue weighted by Crippen LogP contribution is -2.19. The van der Waals surface area contributed by atoms with Gasteiger partial charge in [0, 0.05) is 12.2 Å². The Labute approximate surface area is 136 Å². The normalized spacial score (nSPS) is 12.3. The molecule has 0 saturated carbocycles. The van der Waals surface area contributed by atoms with E-state index in [4.69, 9.17) is 4.74 Å². The van der Waals surface area contributed by atoms with Crippen LogP contribution in [0.4, 0.5) is 0 Å². The van der Waals surface area contributed by atoms with E-state index in [9.17, 15) is 9.90 Å². The summed E-state index contributed by atoms with van der Waals surface area (Å²) in [4.78, 5) is 11.4. The van der Waals surface area contributed by atoms with Crippen molar-refractivity contribution in [3.8, 4) is 0 Å². The third-order valence-corrected chi connectivity index (χ3v) is 4.05. The van der Waals surface area contributed by atoms with Gasteiger partial charge in [0.15, 0.2) is 0 Å². The first-order valence-electron chi connectivity index (χ1n) is 8.65. The molecule has 0 aliphatic carbocycles. The van der Waals surface area contributed by atoms with Crippen molar-refractivity contribution in [3.63, 3.8) is 0 Å². The number of hydrogen-bond donors (Lipinski definition) is 2. The van der Waals surface area contributed by atoms with Gasteiger partial charge >= 0.3 is 5.97 Å². The summed E-state index contributed by atoms with van der Waals surface area (Å²) < 4.78 is 4.95. The standard InChI is InChI=1S/C17H34O3S/c1-2-3-4-5-6-7-8-9-10-11-12-13-17(19)20-14-16(18)15-21/h16,18,21H,2-15H2,1H3. The third kappa shape index (κ3) is 16.0. The van der Waals surface area contributed by atoms with Gasteiger partial charge in [-0.15, -0.1) is 0 Å². The molecule has 1 atom stereocenters. The smallest absolute Gasteiger partial charge is 0.305 e. The second kappa shape index (κ2) is 16.2. The van der Waals surface area contributed by atoms with Gasteiger partial charge in [-0.05, 0) is 6.42 Å². The number of aliphatic hydroxyl groups excluding tert-OH is 1. The second-order valence-electron chi connectivity index (χ2n) is 5.80. The van der Waals surface area contributed by atoms with Crippen LogP contribution in [0, 0.1) is 0 Å². The fourth-order valence-electron chi connectivity index (χ4n) is 2.25. The van der Waals surface area contributed by atoms with Gasteiger partial charge in [0.25, 0.3) is 0 Å². The fraction of sp³-hybridized carbons (Fsp3) is 0.941. The van der Waals surface area contributed by atoms with Crippen LogP contribution in [0.2, 0.25) is 0 Å². The van der Waals surface area contributed by atoms with Crippen molar-refractivity contribution in [1.29, 1.82) is 0 Å². The largest absolute Gasteiger partial charge is 0.463 e. The molecule has 0 aliphatic heterocycles. The Bertz CT molecular complexity index is 234. The summed E-state index contributed by atoms with van der Waals surface area (Å²) in [6.07, 6.45) is 13.8. The first-order chi connectivity index (χ1) is 10.2. The molecule has 0 rings (SSSR count). The number of ether oxygens (including phenoxy) is 1. The van der Waals surface area contributed by atoms with E-state index < -0.39 is 6.10 Å². The first kappa shape index (κ1) is 20.8. The maximum absolute atomic E-state index is 11.4. The van der Waals surface area contributed by atoms with Gasteiger partial charge in [0.1, 0.15) is 6.61 Å². The molecule has 0 fully saturated rings. The van der Waals surface area contributed by atoms with Crippen LogP contribution in [0.5, 0.6) is 0 Å². The molecule has 126 valence electrons. The Morgan fingerprint density at radius 2 is 1.43 bits per heavy atom. The van der Waals surface area contributed by atoms with E-state index >= 15 is 0 Å². The van der Waals surface area contributed by atoms with Crippen LogP contribution >= 0.6 is 12.6 Å². The van der Waals surface area contributed by atoms with Crippen molar-refractivity contribution in [2.24, 2.45) is 0 Å². The molecule has 0 aromatic heterocycles. The molecule has 0 aliphatic rings. The highest BCUT2D eigenvalue weighted by Crippen LogP contribution is 2.12. The summed E-state index contributed by atoms with van der Waals surface area (Å²) in [5, 5.41) is 9.21. The van der Waals surface area contributed by atoms with E-state index in [1.165, 1.54) is 57.8 Å². The molecule has 21 heavy (non-hydrogen) atoms. The van der Waals surface area contributed by atoms with Crippen LogP contribution in [-0.4, -0.2) is 29.5 Å². The Hall–Kier alpha value is -0.220. The van der Waals surface area contributed by atoms with E-state index in [1.807, 2.05) is 0 Å². The zero-order valence-corrected chi connectivity index (χ0v) is 14.6. The van der Waals surface area contributed by atoms with Crippen LogP contribution in [0.15, 0.2) is 0 Å². The third-order valence-electron chi connectivity index (χ3n) is 3.63. The fourth-order valence-corrected chi connectivity index (χ4v) is 2.35. The SMILES string of the molecule is CCCCCCCCCCCCCC(=O)OCC(O)CS. The van der Waals surface area contributed by atoms with Crippen LogP contribution in [-0.2, 0) is 9.53 Å². The summed E-state index contributed by atoms with van der Waals surface area (Å²) in [5.74, 6) is 0.123. The topological polar surface area (TPSA) is 46.5 Å². The molecule has 0 bridgehead atoms. The van der Waals surface area contributed by atoms with Crippen molar-refractivity contribution >= 4 is 18.6 Å². The number of hydrogen-bond acceptors (Lipinski definition) is 4. The number of carbonyl (C=O) groups excluding carboxylic acids is 1. The first-order valence-corrected chi connectivity index (χ1v) is 9.28. The van der Waals surface area contributed by atoms with Crippen molar-refractivity contribution in [2.45, 2.75) is 90.1 Å². The molecule has 0 aromatic rings. The van der Waals surface area contributed by atoms with Gasteiger partial charge in [0.05, 0.1) is 6.10 Å². The number of carbonyl (C=O) groups is 1. The number of aliphatic hydroxyl groups is 1. The molecule has 0 heterocycles. The average molecular weight is 319 g/mol. The number of thiol groups is 1. The summed E-state index contributed by atoms with van der Waals surface area (Å²) in [5.41, 5.74) is 0. The molecule has 3 nitrogen and oxygen atoms in total. The Balaban J connectivity index is 3.16. The van der Waals surface area contributed by atoms with Gasteiger partial charge in [0.2, 0.25) is 0 Å². The number of unbranched alkanes of at least 4 members (excludes halogenated alkanes) is 10. The van der Waals surface area contributed by atoms with Crippen molar-refractivity contribution in [2.75, 3.05) is 12.4 Å². The Kier molecular flexibility index (Phi) is 16.0. The van der Waals surface area contributed by atoms with Gasteiger partial charge in [-0.2, -0.15) is 12.6 Å². The zero-order valence-electron chi connectivity index (χ0n) is 13.7. The minimum absolute atomic E-state index is 0.0698. The summed E-state index contributed by atoms with van der Waals surface area (Å²) in [7, 11) is 0. The maximum atomic E-state index is 11.4. The molecule has 0 radical (unpaired) electrons. The summed E-state index contributed by atoms with van der Waals surface area (Å²) >= 11 is 3.93. The highest BCUT2D eigenvalue weighted by atomic mass is 32.1. The van der Waals surface area contributed by atoms with Gasteiger partial charge in [-0.1, -0.05) is 71.1 Å². The molecular weight excluding hydrogens is 284 g/mol. The van der Waals surface area contributed by atoms with E-state index in [-0.39, 0.29) is 12.6 Å². The molecule has 4 heteroatoms. The van der Waals surface area contributed by atoms with Crippen LogP contribution < -0.4 is 0 Å². The lowest BCUT2D eigenvalue weighted by atomic mass is 10.1. The van der Waals surface area contributed by atoms with Crippen molar-refractivity contribution < 1.29 is 14.6 Å². The van der Waals surface area contributed by atoms with Crippen molar-refractivity contribution in [3.05, 3.63) is 0 Å². The summed E-state index contributed by atoms with van der Waals surface area (Å²) in [6.45, 7) is 2.32. The highest BCUT2D eigenvalue weighted by Gasteiger charge is 2.06. The lowest BCUT2D eigenvalue weighted by molar-refractivity contribution is -0.146. The Morgan fingerprint density at radius 1 is 0.952 bits per heavy atom. The summed E-state index contributed by atoms with van der Waals surface area (Å²) in [6, 6.07) is 0. The Morgan fingerprint density at radius 3 is 1.90 bits per heavy atom. The molecule has 0 saturated heterocycles. The van der Waals surface area contributed by atoms with Crippen LogP contribution in [0.25, 0.3) is 0 Å². The van der Waals surface area contributed by atoms with E-state index in [0.29, 0.717) is 12.2 Å². The average Bonchev–Trinajstić information content (AvgIpc) is 2.50. The van der Waals surface area contributed by atoms with E-state index in [1.54, 1.807) is 0 Å². The molecule has 0 spiro atoms. The quantitative estimate of drug-likeness (QED) is 0.265. The minimum atomic E-state index is -0.644. The van der Waals surface area contributed by atoms with Crippen molar-refractivity contribution in [1.82, 2.24) is 0 Å². The minimum Gasteiger partial charge on any atom is -0.463 e. The molecule has 1 N–H and O–H groups in total. The maximum Gasteiger partial charge on any atom is 0.305 e. The van der Waals surface area contributed by atoms with Gasteiger partial charge in [-0.25, -0.2) is 0 Å².